The third-order valence-electron chi connectivity index (χ3n) is 4.63. The molecule has 0 radical (unpaired) electrons. The number of aliphatic hydroxyl groups excluding tert-OH is 1. The summed E-state index contributed by atoms with van der Waals surface area (Å²) in [4.78, 5) is 11.8. The first-order chi connectivity index (χ1) is 14.2. The van der Waals surface area contributed by atoms with Crippen molar-refractivity contribution in [3.8, 4) is 5.75 Å². The van der Waals surface area contributed by atoms with Crippen molar-refractivity contribution < 1.29 is 23.4 Å². The van der Waals surface area contributed by atoms with E-state index in [-0.39, 0.29) is 39.6 Å². The molecule has 3 rings (SSSR count). The van der Waals surface area contributed by atoms with Gasteiger partial charge in [0.1, 0.15) is 4.90 Å². The Morgan fingerprint density at radius 3 is 2.50 bits per heavy atom. The fraction of sp³-hybridized carbons (Fsp3) is 0.278. The summed E-state index contributed by atoms with van der Waals surface area (Å²) in [6.07, 6.45) is 1.07. The van der Waals surface area contributed by atoms with Gasteiger partial charge in [0.15, 0.2) is 5.75 Å². The van der Waals surface area contributed by atoms with E-state index in [1.807, 2.05) is 0 Å². The normalized spacial score (nSPS) is 17.1. The van der Waals surface area contributed by atoms with Gasteiger partial charge in [-0.2, -0.15) is 4.31 Å². The van der Waals surface area contributed by atoms with Crippen LogP contribution in [-0.2, 0) is 10.0 Å². The zero-order valence-electron chi connectivity index (χ0n) is 15.4. The number of rotatable bonds is 5. The van der Waals surface area contributed by atoms with Crippen molar-refractivity contribution in [1.29, 1.82) is 0 Å². The minimum absolute atomic E-state index is 0.127. The second-order valence-electron chi connectivity index (χ2n) is 6.55. The molecule has 12 heteroatoms. The van der Waals surface area contributed by atoms with E-state index in [4.69, 9.17) is 34.8 Å². The molecule has 0 saturated carbocycles. The summed E-state index contributed by atoms with van der Waals surface area (Å²) in [6, 6.07) is 5.79. The molecule has 0 spiro atoms. The lowest BCUT2D eigenvalue weighted by Gasteiger charge is -2.24. The third-order valence-corrected chi connectivity index (χ3v) is 7.91. The van der Waals surface area contributed by atoms with E-state index in [1.165, 1.54) is 18.2 Å². The third kappa shape index (κ3) is 4.46. The van der Waals surface area contributed by atoms with Crippen LogP contribution < -0.4 is 10.6 Å². The quantitative estimate of drug-likeness (QED) is 0.466. The van der Waals surface area contributed by atoms with Crippen LogP contribution in [0.1, 0.15) is 12.8 Å². The topological polar surface area (TPSA) is 119 Å². The number of carbonyl (C=O) groups excluding carboxylic acids is 1. The number of sulfonamides is 1. The number of nitrogens with zero attached hydrogens (tertiary/aromatic N) is 1. The molecule has 4 N–H and O–H groups in total. The number of aromatic hydroxyl groups is 1. The number of benzene rings is 2. The Bertz CT molecular complexity index is 1080. The molecule has 0 unspecified atom stereocenters. The zero-order valence-corrected chi connectivity index (χ0v) is 18.5. The molecule has 8 nitrogen and oxygen atoms in total. The van der Waals surface area contributed by atoms with Crippen molar-refractivity contribution >= 4 is 62.2 Å². The second kappa shape index (κ2) is 9.17. The van der Waals surface area contributed by atoms with Crippen LogP contribution in [0.5, 0.6) is 5.75 Å². The molecule has 1 atom stereocenters. The Morgan fingerprint density at radius 2 is 1.80 bits per heavy atom. The Morgan fingerprint density at radius 1 is 1.10 bits per heavy atom. The predicted octanol–water partition coefficient (Wildman–Crippen LogP) is 4.14. The van der Waals surface area contributed by atoms with Crippen LogP contribution in [0, 0.1) is 0 Å². The van der Waals surface area contributed by atoms with Crippen molar-refractivity contribution in [3.63, 3.8) is 0 Å². The summed E-state index contributed by atoms with van der Waals surface area (Å²) in [5, 5.41) is 25.0. The van der Waals surface area contributed by atoms with Crippen LogP contribution in [0.2, 0.25) is 15.1 Å². The Balaban J connectivity index is 1.89. The van der Waals surface area contributed by atoms with E-state index in [0.29, 0.717) is 12.8 Å². The maximum Gasteiger partial charge on any atom is 0.323 e. The van der Waals surface area contributed by atoms with Crippen molar-refractivity contribution in [3.05, 3.63) is 45.4 Å². The summed E-state index contributed by atoms with van der Waals surface area (Å²) in [5.74, 6) is -0.710. The van der Waals surface area contributed by atoms with E-state index in [9.17, 15) is 23.4 Å². The van der Waals surface area contributed by atoms with Gasteiger partial charge < -0.3 is 20.8 Å². The SMILES string of the molecule is O=C(Nc1ccc(Cl)c(S(=O)(=O)N2CCC[C@H]2CO)c1O)Nc1cccc(Cl)c1Cl. The number of carbonyl (C=O) groups is 1. The van der Waals surface area contributed by atoms with Gasteiger partial charge >= 0.3 is 6.03 Å². The summed E-state index contributed by atoms with van der Waals surface area (Å²) < 4.78 is 27.2. The van der Waals surface area contributed by atoms with E-state index in [2.05, 4.69) is 10.6 Å². The lowest BCUT2D eigenvalue weighted by atomic mass is 10.2. The Hall–Kier alpha value is -1.75. The number of amides is 2. The number of halogens is 3. The van der Waals surface area contributed by atoms with Gasteiger partial charge in [-0.05, 0) is 37.1 Å². The van der Waals surface area contributed by atoms with Gasteiger partial charge in [0.25, 0.3) is 0 Å². The first-order valence-corrected chi connectivity index (χ1v) is 11.4. The molecule has 2 aromatic rings. The first-order valence-electron chi connectivity index (χ1n) is 8.83. The van der Waals surface area contributed by atoms with Crippen LogP contribution in [0.25, 0.3) is 0 Å². The molecule has 1 fully saturated rings. The van der Waals surface area contributed by atoms with Crippen LogP contribution >= 0.6 is 34.8 Å². The minimum Gasteiger partial charge on any atom is -0.504 e. The summed E-state index contributed by atoms with van der Waals surface area (Å²) in [7, 11) is -4.21. The minimum atomic E-state index is -4.21. The Kier molecular flexibility index (Phi) is 7.01. The predicted molar refractivity (Wildman–Crippen MR) is 116 cm³/mol. The number of urea groups is 1. The van der Waals surface area contributed by atoms with Gasteiger partial charge in [-0.15, -0.1) is 0 Å². The molecule has 2 aromatic carbocycles. The number of hydrogen-bond acceptors (Lipinski definition) is 5. The molecule has 1 aliphatic heterocycles. The molecule has 0 aliphatic carbocycles. The molecule has 1 heterocycles. The highest BCUT2D eigenvalue weighted by atomic mass is 35.5. The van der Waals surface area contributed by atoms with Gasteiger partial charge in [-0.3, -0.25) is 0 Å². The number of nitrogens with one attached hydrogen (secondary N) is 2. The number of hydrogen-bond donors (Lipinski definition) is 4. The van der Waals surface area contributed by atoms with Crippen LogP contribution in [0.4, 0.5) is 16.2 Å². The molecule has 1 saturated heterocycles. The highest BCUT2D eigenvalue weighted by Crippen LogP contribution is 2.40. The zero-order chi connectivity index (χ0) is 22.1. The first kappa shape index (κ1) is 22.9. The van der Waals surface area contributed by atoms with Gasteiger partial charge in [0, 0.05) is 12.6 Å². The largest absolute Gasteiger partial charge is 0.504 e. The number of anilines is 2. The lowest BCUT2D eigenvalue weighted by Crippen LogP contribution is -2.37. The average Bonchev–Trinajstić information content (AvgIpc) is 3.17. The smallest absolute Gasteiger partial charge is 0.323 e. The van der Waals surface area contributed by atoms with Gasteiger partial charge in [-0.25, -0.2) is 13.2 Å². The Labute approximate surface area is 188 Å². The van der Waals surface area contributed by atoms with Gasteiger partial charge in [0.05, 0.1) is 33.0 Å². The molecule has 30 heavy (non-hydrogen) atoms. The van der Waals surface area contributed by atoms with E-state index in [0.717, 1.165) is 4.31 Å². The van der Waals surface area contributed by atoms with Crippen LogP contribution in [0.15, 0.2) is 35.2 Å². The van der Waals surface area contributed by atoms with Crippen molar-refractivity contribution in [1.82, 2.24) is 4.31 Å². The highest BCUT2D eigenvalue weighted by Gasteiger charge is 2.38. The van der Waals surface area contributed by atoms with Crippen LogP contribution in [0.3, 0.4) is 0 Å². The molecular weight excluding hydrogens is 477 g/mol. The van der Waals surface area contributed by atoms with Crippen LogP contribution in [-0.4, -0.2) is 48.2 Å². The van der Waals surface area contributed by atoms with Crippen molar-refractivity contribution in [2.24, 2.45) is 0 Å². The summed E-state index contributed by atoms with van der Waals surface area (Å²) >= 11 is 18.0. The number of aliphatic hydroxyl groups is 1. The van der Waals surface area contributed by atoms with Crippen molar-refractivity contribution in [2.45, 2.75) is 23.8 Å². The molecule has 162 valence electrons. The molecule has 1 aliphatic rings. The highest BCUT2D eigenvalue weighted by molar-refractivity contribution is 7.89. The van der Waals surface area contributed by atoms with E-state index < -0.39 is 32.7 Å². The average molecular weight is 495 g/mol. The fourth-order valence-electron chi connectivity index (χ4n) is 3.19. The van der Waals surface area contributed by atoms with E-state index in [1.54, 1.807) is 12.1 Å². The number of phenols is 1. The molecular formula is C18H18Cl3N3O5S. The lowest BCUT2D eigenvalue weighted by molar-refractivity contribution is 0.213. The number of phenolic OH excluding ortho intramolecular Hbond substituents is 1. The maximum atomic E-state index is 13.1. The van der Waals surface area contributed by atoms with Gasteiger partial charge in [-0.1, -0.05) is 40.9 Å². The summed E-state index contributed by atoms with van der Waals surface area (Å²) in [5.41, 5.74) is 0.0548. The molecule has 0 bridgehead atoms. The standard InChI is InChI=1S/C18H18Cl3N3O5S/c19-11-4-1-5-13(15(11)21)22-18(27)23-14-7-6-12(20)17(16(14)26)30(28,29)24-8-2-3-10(24)9-25/h1,4-7,10,25-26H,2-3,8-9H2,(H2,22,23,27)/t10-/m0/s1. The second-order valence-corrected chi connectivity index (χ2v) is 9.57. The van der Waals surface area contributed by atoms with E-state index >= 15 is 0 Å². The maximum absolute atomic E-state index is 13.1. The van der Waals surface area contributed by atoms with Gasteiger partial charge in [0.2, 0.25) is 10.0 Å². The molecule has 2 amide bonds. The summed E-state index contributed by atoms with van der Waals surface area (Å²) in [6.45, 7) is -0.160. The monoisotopic (exact) mass is 493 g/mol. The fourth-order valence-corrected chi connectivity index (χ4v) is 5.82. The van der Waals surface area contributed by atoms with Crippen molar-refractivity contribution in [2.75, 3.05) is 23.8 Å². The molecule has 0 aromatic heterocycles.